The maximum atomic E-state index is 11.6. The van der Waals surface area contributed by atoms with E-state index in [1.165, 1.54) is 12.8 Å². The molecule has 0 radical (unpaired) electrons. The molecule has 1 amide bonds. The molecule has 1 unspecified atom stereocenters. The standard InChI is InChI=1S/C14H28N2O.ClH/c1-11(7-8-14(2,3)4)16-13(17)10-15-9-12-5-6-12;/h11-12,15H,5-10H2,1-4H3,(H,16,17);1H. The van der Waals surface area contributed by atoms with Crippen LogP contribution in [0, 0.1) is 11.3 Å². The van der Waals surface area contributed by atoms with E-state index in [9.17, 15) is 4.79 Å². The summed E-state index contributed by atoms with van der Waals surface area (Å²) in [6, 6.07) is 0.282. The van der Waals surface area contributed by atoms with Gasteiger partial charge in [-0.1, -0.05) is 20.8 Å². The molecule has 0 aromatic heterocycles. The summed E-state index contributed by atoms with van der Waals surface area (Å²) in [6.45, 7) is 10.3. The van der Waals surface area contributed by atoms with Crippen molar-refractivity contribution in [3.8, 4) is 0 Å². The van der Waals surface area contributed by atoms with Crippen LogP contribution in [0.3, 0.4) is 0 Å². The monoisotopic (exact) mass is 276 g/mol. The average molecular weight is 277 g/mol. The highest BCUT2D eigenvalue weighted by Crippen LogP contribution is 2.27. The molecule has 0 aromatic carbocycles. The van der Waals surface area contributed by atoms with E-state index in [0.29, 0.717) is 12.0 Å². The third-order valence-electron chi connectivity index (χ3n) is 3.15. The number of carbonyl (C=O) groups excluding carboxylic acids is 1. The molecule has 1 fully saturated rings. The zero-order chi connectivity index (χ0) is 12.9. The molecule has 108 valence electrons. The van der Waals surface area contributed by atoms with E-state index in [4.69, 9.17) is 0 Å². The van der Waals surface area contributed by atoms with E-state index in [-0.39, 0.29) is 24.4 Å². The molecule has 0 aromatic rings. The van der Waals surface area contributed by atoms with Crippen LogP contribution < -0.4 is 10.6 Å². The molecule has 0 spiro atoms. The van der Waals surface area contributed by atoms with Gasteiger partial charge in [0.1, 0.15) is 0 Å². The van der Waals surface area contributed by atoms with Gasteiger partial charge in [0, 0.05) is 6.04 Å². The zero-order valence-corrected chi connectivity index (χ0v) is 13.0. The predicted molar refractivity (Wildman–Crippen MR) is 79.1 cm³/mol. The lowest BCUT2D eigenvalue weighted by Crippen LogP contribution is -2.39. The molecule has 1 saturated carbocycles. The van der Waals surface area contributed by atoms with Crippen LogP contribution in [-0.4, -0.2) is 25.0 Å². The van der Waals surface area contributed by atoms with Crippen LogP contribution in [0.5, 0.6) is 0 Å². The summed E-state index contributed by atoms with van der Waals surface area (Å²) in [5.41, 5.74) is 0.350. The zero-order valence-electron chi connectivity index (χ0n) is 12.2. The molecule has 1 aliphatic rings. The fourth-order valence-electron chi connectivity index (χ4n) is 1.76. The molecule has 3 nitrogen and oxygen atoms in total. The van der Waals surface area contributed by atoms with E-state index in [0.717, 1.165) is 25.3 Å². The third kappa shape index (κ3) is 9.72. The number of halogens is 1. The van der Waals surface area contributed by atoms with E-state index < -0.39 is 0 Å². The summed E-state index contributed by atoms with van der Waals surface area (Å²) in [5.74, 6) is 0.966. The summed E-state index contributed by atoms with van der Waals surface area (Å²) >= 11 is 0. The Balaban J connectivity index is 0.00000289. The van der Waals surface area contributed by atoms with Crippen molar-refractivity contribution < 1.29 is 4.79 Å². The highest BCUT2D eigenvalue weighted by atomic mass is 35.5. The third-order valence-corrected chi connectivity index (χ3v) is 3.15. The van der Waals surface area contributed by atoms with Gasteiger partial charge in [-0.2, -0.15) is 0 Å². The van der Waals surface area contributed by atoms with Crippen molar-refractivity contribution in [3.05, 3.63) is 0 Å². The Bertz CT molecular complexity index is 247. The van der Waals surface area contributed by atoms with Gasteiger partial charge in [-0.15, -0.1) is 12.4 Å². The minimum atomic E-state index is 0. The fraction of sp³-hybridized carbons (Fsp3) is 0.929. The first-order valence-electron chi connectivity index (χ1n) is 6.87. The Hall–Kier alpha value is -0.280. The van der Waals surface area contributed by atoms with Crippen LogP contribution in [0.2, 0.25) is 0 Å². The van der Waals surface area contributed by atoms with Crippen molar-refractivity contribution in [2.45, 2.75) is 59.4 Å². The maximum Gasteiger partial charge on any atom is 0.234 e. The minimum Gasteiger partial charge on any atom is -0.353 e. The molecular formula is C14H29ClN2O. The van der Waals surface area contributed by atoms with E-state index in [1.807, 2.05) is 0 Å². The smallest absolute Gasteiger partial charge is 0.234 e. The molecule has 18 heavy (non-hydrogen) atoms. The van der Waals surface area contributed by atoms with Gasteiger partial charge in [0.15, 0.2) is 0 Å². The number of hydrogen-bond donors (Lipinski definition) is 2. The van der Waals surface area contributed by atoms with Crippen molar-refractivity contribution in [1.29, 1.82) is 0 Å². The van der Waals surface area contributed by atoms with Crippen molar-refractivity contribution in [1.82, 2.24) is 10.6 Å². The van der Waals surface area contributed by atoms with E-state index >= 15 is 0 Å². The van der Waals surface area contributed by atoms with Gasteiger partial charge in [-0.05, 0) is 50.5 Å². The van der Waals surface area contributed by atoms with E-state index in [2.05, 4.69) is 38.3 Å². The number of nitrogens with one attached hydrogen (secondary N) is 2. The second kappa shape index (κ2) is 8.00. The van der Waals surface area contributed by atoms with Crippen LogP contribution in [0.25, 0.3) is 0 Å². The summed E-state index contributed by atoms with van der Waals surface area (Å²) in [6.07, 6.45) is 4.86. The molecule has 0 saturated heterocycles. The average Bonchev–Trinajstić information content (AvgIpc) is 2.97. The SMILES string of the molecule is CC(CCC(C)(C)C)NC(=O)CNCC1CC1.Cl. The van der Waals surface area contributed by atoms with Crippen molar-refractivity contribution in [2.24, 2.45) is 11.3 Å². The summed E-state index contributed by atoms with van der Waals surface area (Å²) in [5, 5.41) is 6.26. The molecule has 1 aliphatic carbocycles. The highest BCUT2D eigenvalue weighted by molar-refractivity contribution is 5.85. The molecular weight excluding hydrogens is 248 g/mol. The van der Waals surface area contributed by atoms with Crippen LogP contribution in [-0.2, 0) is 4.79 Å². The topological polar surface area (TPSA) is 41.1 Å². The second-order valence-electron chi connectivity index (χ2n) is 6.64. The van der Waals surface area contributed by atoms with Gasteiger partial charge in [0.05, 0.1) is 6.54 Å². The van der Waals surface area contributed by atoms with Crippen molar-refractivity contribution >= 4 is 18.3 Å². The molecule has 1 rings (SSSR count). The largest absolute Gasteiger partial charge is 0.353 e. The molecule has 4 heteroatoms. The van der Waals surface area contributed by atoms with Gasteiger partial charge in [0.2, 0.25) is 5.91 Å². The maximum absolute atomic E-state index is 11.6. The van der Waals surface area contributed by atoms with Gasteiger partial charge < -0.3 is 10.6 Å². The highest BCUT2D eigenvalue weighted by Gasteiger charge is 2.20. The van der Waals surface area contributed by atoms with Gasteiger partial charge in [0.25, 0.3) is 0 Å². The van der Waals surface area contributed by atoms with E-state index in [1.54, 1.807) is 0 Å². The Morgan fingerprint density at radius 1 is 1.33 bits per heavy atom. The number of amides is 1. The molecule has 2 N–H and O–H groups in total. The molecule has 0 heterocycles. The van der Waals surface area contributed by atoms with Crippen LogP contribution >= 0.6 is 12.4 Å². The number of rotatable bonds is 7. The summed E-state index contributed by atoms with van der Waals surface area (Å²) < 4.78 is 0. The Kier molecular flexibility index (Phi) is 7.88. The number of hydrogen-bond acceptors (Lipinski definition) is 2. The lowest BCUT2D eigenvalue weighted by Gasteiger charge is -2.21. The Labute approximate surface area is 118 Å². The second-order valence-corrected chi connectivity index (χ2v) is 6.64. The predicted octanol–water partition coefficient (Wildman–Crippen LogP) is 2.74. The van der Waals surface area contributed by atoms with Gasteiger partial charge in [-0.3, -0.25) is 4.79 Å². The first-order valence-corrected chi connectivity index (χ1v) is 6.87. The quantitative estimate of drug-likeness (QED) is 0.751. The van der Waals surface area contributed by atoms with Crippen molar-refractivity contribution in [3.63, 3.8) is 0 Å². The lowest BCUT2D eigenvalue weighted by molar-refractivity contribution is -0.120. The normalized spacial score (nSPS) is 16.9. The minimum absolute atomic E-state index is 0. The molecule has 0 bridgehead atoms. The van der Waals surface area contributed by atoms with Crippen molar-refractivity contribution in [2.75, 3.05) is 13.1 Å². The van der Waals surface area contributed by atoms with Crippen LogP contribution in [0.1, 0.15) is 53.4 Å². The summed E-state index contributed by atoms with van der Waals surface area (Å²) in [7, 11) is 0. The Morgan fingerprint density at radius 2 is 1.94 bits per heavy atom. The fourth-order valence-corrected chi connectivity index (χ4v) is 1.76. The van der Waals surface area contributed by atoms with Gasteiger partial charge in [-0.25, -0.2) is 0 Å². The van der Waals surface area contributed by atoms with Gasteiger partial charge >= 0.3 is 0 Å². The molecule has 0 aliphatic heterocycles. The Morgan fingerprint density at radius 3 is 2.44 bits per heavy atom. The van der Waals surface area contributed by atoms with Crippen LogP contribution in [0.4, 0.5) is 0 Å². The first kappa shape index (κ1) is 17.7. The number of carbonyl (C=O) groups is 1. The summed E-state index contributed by atoms with van der Waals surface area (Å²) in [4.78, 5) is 11.6. The lowest BCUT2D eigenvalue weighted by atomic mass is 9.89. The molecule has 1 atom stereocenters. The van der Waals surface area contributed by atoms with Crippen LogP contribution in [0.15, 0.2) is 0 Å². The first-order chi connectivity index (χ1) is 7.87.